The van der Waals surface area contributed by atoms with Gasteiger partial charge in [-0.25, -0.2) is 0 Å². The summed E-state index contributed by atoms with van der Waals surface area (Å²) in [5, 5.41) is 10.6. The lowest BCUT2D eigenvalue weighted by molar-refractivity contribution is -0.390. The van der Waals surface area contributed by atoms with E-state index in [0.29, 0.717) is 0 Å². The number of carbonyl (C=O) groups excluding carboxylic acids is 1. The molecule has 1 aromatic rings. The van der Waals surface area contributed by atoms with Crippen LogP contribution in [0.25, 0.3) is 0 Å². The van der Waals surface area contributed by atoms with Crippen LogP contribution >= 0.6 is 0 Å². The van der Waals surface area contributed by atoms with Crippen molar-refractivity contribution in [3.05, 3.63) is 27.3 Å². The molecule has 7 nitrogen and oxygen atoms in total. The van der Waals surface area contributed by atoms with Gasteiger partial charge in [-0.2, -0.15) is 0 Å². The van der Waals surface area contributed by atoms with Crippen molar-refractivity contribution < 1.29 is 32.4 Å². The van der Waals surface area contributed by atoms with Crippen molar-refractivity contribution in [3.63, 3.8) is 0 Å². The van der Waals surface area contributed by atoms with E-state index in [1.165, 1.54) is 6.92 Å². The van der Waals surface area contributed by atoms with Gasteiger partial charge in [0, 0.05) is 10.5 Å². The summed E-state index contributed by atoms with van der Waals surface area (Å²) in [4.78, 5) is 24.0. The van der Waals surface area contributed by atoms with E-state index in [-0.39, 0.29) is 11.1 Å². The quantitative estimate of drug-likeness (QED) is 0.478. The summed E-state index contributed by atoms with van der Waals surface area (Å²) < 4.78 is 44.6. The summed E-state index contributed by atoms with van der Waals surface area (Å²) in [6, 6.07) is 1.03. The zero-order chi connectivity index (χ0) is 15.5. The van der Waals surface area contributed by atoms with Gasteiger partial charge in [-0.1, -0.05) is 0 Å². The Morgan fingerprint density at radius 1 is 1.50 bits per heavy atom. The minimum absolute atomic E-state index is 0.00317. The average molecular weight is 294 g/mol. The number of halogens is 3. The SMILES string of the molecule is COC(=O)Cc1cc(C)c([N+](=O)[O-])nc1OC(F)(F)F. The number of nitrogens with zero attached hydrogens (tertiary/aromatic N) is 2. The van der Waals surface area contributed by atoms with Gasteiger partial charge in [0.15, 0.2) is 0 Å². The van der Waals surface area contributed by atoms with Gasteiger partial charge >= 0.3 is 24.0 Å². The fraction of sp³-hybridized carbons (Fsp3) is 0.400. The van der Waals surface area contributed by atoms with Crippen LogP contribution in [-0.2, 0) is 16.0 Å². The number of aromatic nitrogens is 1. The second kappa shape index (κ2) is 5.72. The summed E-state index contributed by atoms with van der Waals surface area (Å²) in [7, 11) is 1.05. The van der Waals surface area contributed by atoms with Crippen LogP contribution in [0, 0.1) is 17.0 Å². The third-order valence-corrected chi connectivity index (χ3v) is 2.17. The van der Waals surface area contributed by atoms with Crippen molar-refractivity contribution in [3.8, 4) is 5.88 Å². The maximum absolute atomic E-state index is 12.2. The van der Waals surface area contributed by atoms with Crippen LogP contribution in [0.5, 0.6) is 5.88 Å². The Hall–Kier alpha value is -2.39. The van der Waals surface area contributed by atoms with E-state index in [4.69, 9.17) is 0 Å². The third kappa shape index (κ3) is 4.07. The Morgan fingerprint density at radius 2 is 2.10 bits per heavy atom. The number of esters is 1. The Morgan fingerprint density at radius 3 is 2.55 bits per heavy atom. The molecule has 0 aliphatic carbocycles. The number of hydrogen-bond donors (Lipinski definition) is 0. The maximum atomic E-state index is 12.2. The van der Waals surface area contributed by atoms with E-state index >= 15 is 0 Å². The van der Waals surface area contributed by atoms with Gasteiger partial charge < -0.3 is 19.6 Å². The van der Waals surface area contributed by atoms with Crippen molar-refractivity contribution in [1.82, 2.24) is 4.98 Å². The predicted molar refractivity (Wildman–Crippen MR) is 58.0 cm³/mol. The van der Waals surface area contributed by atoms with E-state index in [2.05, 4.69) is 14.5 Å². The van der Waals surface area contributed by atoms with Crippen LogP contribution < -0.4 is 4.74 Å². The first-order chi connectivity index (χ1) is 9.14. The number of aryl methyl sites for hydroxylation is 1. The molecule has 0 saturated carbocycles. The number of carbonyl (C=O) groups is 1. The third-order valence-electron chi connectivity index (χ3n) is 2.17. The monoisotopic (exact) mass is 294 g/mol. The number of hydrogen-bond acceptors (Lipinski definition) is 6. The zero-order valence-electron chi connectivity index (χ0n) is 10.4. The van der Waals surface area contributed by atoms with Gasteiger partial charge in [0.2, 0.25) is 0 Å². The number of alkyl halides is 3. The molecule has 0 bridgehead atoms. The first-order valence-electron chi connectivity index (χ1n) is 5.11. The normalized spacial score (nSPS) is 11.1. The van der Waals surface area contributed by atoms with Gasteiger partial charge in [0.05, 0.1) is 19.1 Å². The topological polar surface area (TPSA) is 91.6 Å². The van der Waals surface area contributed by atoms with Gasteiger partial charge in [-0.05, 0) is 17.9 Å². The lowest BCUT2D eigenvalue weighted by Crippen LogP contribution is -2.20. The lowest BCUT2D eigenvalue weighted by atomic mass is 10.1. The molecule has 0 aromatic carbocycles. The fourth-order valence-electron chi connectivity index (χ4n) is 1.38. The van der Waals surface area contributed by atoms with Crippen molar-refractivity contribution >= 4 is 11.8 Å². The predicted octanol–water partition coefficient (Wildman–Crippen LogP) is 1.91. The summed E-state index contributed by atoms with van der Waals surface area (Å²) in [6.07, 6.45) is -5.63. The molecule has 1 aromatic heterocycles. The minimum atomic E-state index is -5.08. The van der Waals surface area contributed by atoms with Crippen LogP contribution in [0.15, 0.2) is 6.07 Å². The molecule has 0 atom stereocenters. The number of pyridine rings is 1. The molecule has 10 heteroatoms. The highest BCUT2D eigenvalue weighted by molar-refractivity contribution is 5.73. The van der Waals surface area contributed by atoms with Crippen molar-refractivity contribution in [2.75, 3.05) is 7.11 Å². The Bertz CT molecular complexity index is 544. The van der Waals surface area contributed by atoms with E-state index < -0.39 is 35.4 Å². The molecule has 0 aliphatic heterocycles. The summed E-state index contributed by atoms with van der Waals surface area (Å²) in [5.41, 5.74) is -0.249. The minimum Gasteiger partial charge on any atom is -0.469 e. The Balaban J connectivity index is 3.29. The number of nitro groups is 1. The second-order valence-corrected chi connectivity index (χ2v) is 3.65. The lowest BCUT2D eigenvalue weighted by Gasteiger charge is -2.09. The molecule has 0 amide bonds. The van der Waals surface area contributed by atoms with Crippen molar-refractivity contribution in [2.45, 2.75) is 19.7 Å². The fourth-order valence-corrected chi connectivity index (χ4v) is 1.38. The van der Waals surface area contributed by atoms with E-state index in [1.807, 2.05) is 0 Å². The molecule has 110 valence electrons. The molecule has 0 aliphatic rings. The van der Waals surface area contributed by atoms with Gasteiger partial charge in [-0.15, -0.1) is 13.2 Å². The van der Waals surface area contributed by atoms with Gasteiger partial charge in [-0.3, -0.25) is 4.79 Å². The highest BCUT2D eigenvalue weighted by atomic mass is 19.4. The first kappa shape index (κ1) is 15.7. The first-order valence-corrected chi connectivity index (χ1v) is 5.11. The molecule has 0 spiro atoms. The highest BCUT2D eigenvalue weighted by Gasteiger charge is 2.36. The molecule has 1 rings (SSSR count). The van der Waals surface area contributed by atoms with E-state index in [0.717, 1.165) is 13.2 Å². The van der Waals surface area contributed by atoms with Crippen LogP contribution in [-0.4, -0.2) is 29.3 Å². The standard InChI is InChI=1S/C10H9F3N2O5/c1-5-3-6(4-7(16)19-2)9(20-10(11,12)13)14-8(5)15(17)18/h3H,4H2,1-2H3. The second-order valence-electron chi connectivity index (χ2n) is 3.65. The maximum Gasteiger partial charge on any atom is 0.575 e. The molecule has 20 heavy (non-hydrogen) atoms. The summed E-state index contributed by atoms with van der Waals surface area (Å²) in [6.45, 7) is 1.28. The molecule has 1 heterocycles. The Kier molecular flexibility index (Phi) is 4.48. The van der Waals surface area contributed by atoms with Crippen LogP contribution in [0.2, 0.25) is 0 Å². The average Bonchev–Trinajstić information content (AvgIpc) is 2.30. The molecular weight excluding hydrogens is 285 g/mol. The molecule has 0 radical (unpaired) electrons. The molecule has 0 saturated heterocycles. The van der Waals surface area contributed by atoms with E-state index in [9.17, 15) is 28.1 Å². The van der Waals surface area contributed by atoms with Crippen LogP contribution in [0.3, 0.4) is 0 Å². The molecular formula is C10H9F3N2O5. The number of rotatable bonds is 4. The molecule has 0 N–H and O–H groups in total. The van der Waals surface area contributed by atoms with Crippen molar-refractivity contribution in [2.24, 2.45) is 0 Å². The van der Waals surface area contributed by atoms with E-state index in [1.54, 1.807) is 0 Å². The summed E-state index contributed by atoms with van der Waals surface area (Å²) in [5.74, 6) is -2.65. The van der Waals surface area contributed by atoms with Gasteiger partial charge in [0.1, 0.15) is 0 Å². The zero-order valence-corrected chi connectivity index (χ0v) is 10.4. The largest absolute Gasteiger partial charge is 0.575 e. The molecule has 0 unspecified atom stereocenters. The highest BCUT2D eigenvalue weighted by Crippen LogP contribution is 2.29. The van der Waals surface area contributed by atoms with Gasteiger partial charge in [0.25, 0.3) is 0 Å². The van der Waals surface area contributed by atoms with Crippen LogP contribution in [0.1, 0.15) is 11.1 Å². The smallest absolute Gasteiger partial charge is 0.469 e. The Labute approximate surface area is 110 Å². The van der Waals surface area contributed by atoms with Crippen LogP contribution in [0.4, 0.5) is 19.0 Å². The number of ether oxygens (including phenoxy) is 2. The summed E-state index contributed by atoms with van der Waals surface area (Å²) >= 11 is 0. The molecule has 0 fully saturated rings. The number of methoxy groups -OCH3 is 1. The van der Waals surface area contributed by atoms with Crippen molar-refractivity contribution in [1.29, 1.82) is 0 Å².